The van der Waals surface area contributed by atoms with Gasteiger partial charge >= 0.3 is 11.9 Å². The smallest absolute Gasteiger partial charge is 0.331 e. The fourth-order valence-corrected chi connectivity index (χ4v) is 7.93. The number of carbonyl (C=O) groups is 4. The van der Waals surface area contributed by atoms with Crippen LogP contribution in [0.15, 0.2) is 34.7 Å². The van der Waals surface area contributed by atoms with Gasteiger partial charge in [0.05, 0.1) is 32.0 Å². The van der Waals surface area contributed by atoms with Crippen molar-refractivity contribution >= 4 is 23.5 Å². The average Bonchev–Trinajstić information content (AvgIpc) is 3.32. The largest absolute Gasteiger partial charge is 0.472 e. The first-order chi connectivity index (χ1) is 16.0. The van der Waals surface area contributed by atoms with Crippen LogP contribution in [0.1, 0.15) is 65.0 Å². The summed E-state index contributed by atoms with van der Waals surface area (Å²) in [6, 6.07) is 1.82. The van der Waals surface area contributed by atoms with E-state index < -0.39 is 46.1 Å². The SMILES string of the molecule is COC(=O)C[C@H]1C(C)(C)C(=O)[C@H]2CC3C4=CC(=O)O[C@@H](c5ccoc5)[C@]4(C)CCC3[C@@]1(C)C2=O. The number of carbonyl (C=O) groups excluding carboxylic acids is 4. The molecule has 0 aromatic carbocycles. The topological polar surface area (TPSA) is 99.9 Å². The van der Waals surface area contributed by atoms with Crippen molar-refractivity contribution in [2.45, 2.75) is 59.5 Å². The van der Waals surface area contributed by atoms with Gasteiger partial charge in [0, 0.05) is 27.9 Å². The second-order valence-corrected chi connectivity index (χ2v) is 11.5. The maximum atomic E-state index is 13.8. The molecule has 0 saturated heterocycles. The number of ether oxygens (including phenoxy) is 2. The number of cyclic esters (lactones) is 1. The van der Waals surface area contributed by atoms with Gasteiger partial charge < -0.3 is 13.9 Å². The predicted octanol–water partition coefficient (Wildman–Crippen LogP) is 4.22. The van der Waals surface area contributed by atoms with Crippen molar-refractivity contribution in [2.24, 2.45) is 39.9 Å². The zero-order chi connectivity index (χ0) is 24.6. The molecule has 2 heterocycles. The van der Waals surface area contributed by atoms with Crippen LogP contribution in [0.3, 0.4) is 0 Å². The van der Waals surface area contributed by atoms with Crippen LogP contribution >= 0.6 is 0 Å². The van der Waals surface area contributed by atoms with Gasteiger partial charge in [-0.15, -0.1) is 0 Å². The van der Waals surface area contributed by atoms with Gasteiger partial charge in [0.25, 0.3) is 0 Å². The molecule has 0 spiro atoms. The lowest BCUT2D eigenvalue weighted by Gasteiger charge is -2.63. The van der Waals surface area contributed by atoms with E-state index in [1.807, 2.05) is 26.8 Å². The normalized spacial score (nSPS) is 40.6. The Bertz CT molecular complexity index is 1100. The van der Waals surface area contributed by atoms with Crippen LogP contribution < -0.4 is 0 Å². The van der Waals surface area contributed by atoms with Crippen molar-refractivity contribution in [2.75, 3.05) is 7.11 Å². The Labute approximate surface area is 199 Å². The predicted molar refractivity (Wildman–Crippen MR) is 120 cm³/mol. The second kappa shape index (κ2) is 7.40. The highest BCUT2D eigenvalue weighted by Gasteiger charge is 2.69. The van der Waals surface area contributed by atoms with Gasteiger partial charge in [0.1, 0.15) is 17.7 Å². The number of hydrogen-bond acceptors (Lipinski definition) is 7. The molecule has 1 aliphatic heterocycles. The minimum atomic E-state index is -0.867. The van der Waals surface area contributed by atoms with Gasteiger partial charge in [-0.25, -0.2) is 4.79 Å². The first-order valence-electron chi connectivity index (χ1n) is 12.1. The molecule has 1 aromatic heterocycles. The maximum Gasteiger partial charge on any atom is 0.331 e. The monoisotopic (exact) mass is 468 g/mol. The van der Waals surface area contributed by atoms with Crippen LogP contribution in [0.4, 0.5) is 0 Å². The Morgan fingerprint density at radius 3 is 2.53 bits per heavy atom. The minimum absolute atomic E-state index is 0.0173. The number of fused-ring (bicyclic) bond motifs is 6. The summed E-state index contributed by atoms with van der Waals surface area (Å²) in [5.74, 6) is -2.39. The molecule has 3 fully saturated rings. The number of methoxy groups -OCH3 is 1. The molecule has 0 N–H and O–H groups in total. The van der Waals surface area contributed by atoms with Crippen LogP contribution in [0, 0.1) is 39.9 Å². The Balaban J connectivity index is 1.62. The van der Waals surface area contributed by atoms with Gasteiger partial charge in [0.2, 0.25) is 0 Å². The molecule has 34 heavy (non-hydrogen) atoms. The Morgan fingerprint density at radius 1 is 1.15 bits per heavy atom. The van der Waals surface area contributed by atoms with Crippen LogP contribution in [-0.4, -0.2) is 30.6 Å². The van der Waals surface area contributed by atoms with Crippen molar-refractivity contribution in [3.05, 3.63) is 35.8 Å². The standard InChI is InChI=1S/C27H32O7/c1-25(2)19(12-20(28)32-5)27(4)17-6-8-26(3)18(15(17)10-16(22(25)30)23(27)31)11-21(29)34-24(26)14-7-9-33-13-14/h7,9,11,13,15-17,19,24H,6,8,10,12H2,1-5H3/t15?,16-,17?,19+,24+,26-,27-/m1/s1. The summed E-state index contributed by atoms with van der Waals surface area (Å²) in [4.78, 5) is 52.6. The molecule has 7 nitrogen and oxygen atoms in total. The molecule has 7 heteroatoms. The summed E-state index contributed by atoms with van der Waals surface area (Å²) in [7, 11) is 1.33. The zero-order valence-electron chi connectivity index (χ0n) is 20.4. The van der Waals surface area contributed by atoms with Crippen LogP contribution in [-0.2, 0) is 28.7 Å². The highest BCUT2D eigenvalue weighted by atomic mass is 16.5. The molecule has 0 amide bonds. The van der Waals surface area contributed by atoms with E-state index in [4.69, 9.17) is 13.9 Å². The van der Waals surface area contributed by atoms with Gasteiger partial charge in [0.15, 0.2) is 0 Å². The van der Waals surface area contributed by atoms with Gasteiger partial charge in [-0.2, -0.15) is 0 Å². The molecule has 3 aliphatic carbocycles. The van der Waals surface area contributed by atoms with E-state index in [0.29, 0.717) is 6.42 Å². The molecular formula is C27H32O7. The zero-order valence-corrected chi connectivity index (χ0v) is 20.4. The first-order valence-corrected chi connectivity index (χ1v) is 12.1. The number of hydrogen-bond donors (Lipinski definition) is 0. The van der Waals surface area contributed by atoms with Crippen LogP contribution in [0.5, 0.6) is 0 Å². The third-order valence-corrected chi connectivity index (χ3v) is 9.70. The fraction of sp³-hybridized carbons (Fsp3) is 0.630. The quantitative estimate of drug-likeness (QED) is 0.484. The lowest BCUT2D eigenvalue weighted by molar-refractivity contribution is -0.182. The molecule has 0 radical (unpaired) electrons. The van der Waals surface area contributed by atoms with Crippen LogP contribution in [0.2, 0.25) is 0 Å². The van der Waals surface area contributed by atoms with E-state index in [2.05, 4.69) is 6.92 Å². The molecule has 5 rings (SSSR count). The lowest BCUT2D eigenvalue weighted by atomic mass is 9.39. The number of furan rings is 1. The fourth-order valence-electron chi connectivity index (χ4n) is 7.93. The number of esters is 2. The molecule has 4 aliphatic rings. The number of Topliss-reactive ketones (excluding diaryl/α,β-unsaturated/α-hetero) is 2. The highest BCUT2D eigenvalue weighted by molar-refractivity contribution is 6.11. The van der Waals surface area contributed by atoms with Crippen molar-refractivity contribution in [3.63, 3.8) is 0 Å². The summed E-state index contributed by atoms with van der Waals surface area (Å²) in [6.07, 6.45) is 6.16. The summed E-state index contributed by atoms with van der Waals surface area (Å²) in [5, 5.41) is 0. The first kappa shape index (κ1) is 23.1. The summed E-state index contributed by atoms with van der Waals surface area (Å²) in [6.45, 7) is 7.77. The maximum absolute atomic E-state index is 13.8. The highest BCUT2D eigenvalue weighted by Crippen LogP contribution is 2.68. The second-order valence-electron chi connectivity index (χ2n) is 11.5. The molecule has 1 aromatic rings. The Hall–Kier alpha value is -2.70. The van der Waals surface area contributed by atoms with Crippen LogP contribution in [0.25, 0.3) is 0 Å². The average molecular weight is 469 g/mol. The van der Waals surface area contributed by atoms with E-state index in [0.717, 1.165) is 24.0 Å². The number of ketones is 2. The Kier molecular flexibility index (Phi) is 5.02. The van der Waals surface area contributed by atoms with Gasteiger partial charge in [-0.3, -0.25) is 14.4 Å². The minimum Gasteiger partial charge on any atom is -0.472 e. The van der Waals surface area contributed by atoms with E-state index >= 15 is 0 Å². The third-order valence-electron chi connectivity index (χ3n) is 9.70. The van der Waals surface area contributed by atoms with Gasteiger partial charge in [-0.1, -0.05) is 27.7 Å². The summed E-state index contributed by atoms with van der Waals surface area (Å²) in [5.41, 5.74) is -0.390. The number of rotatable bonds is 3. The molecule has 2 bridgehead atoms. The van der Waals surface area contributed by atoms with E-state index in [1.165, 1.54) is 7.11 Å². The molecule has 182 valence electrons. The van der Waals surface area contributed by atoms with E-state index in [1.54, 1.807) is 18.6 Å². The van der Waals surface area contributed by atoms with Crippen molar-refractivity contribution in [1.29, 1.82) is 0 Å². The van der Waals surface area contributed by atoms with Crippen molar-refractivity contribution in [3.8, 4) is 0 Å². The lowest BCUT2D eigenvalue weighted by Crippen LogP contribution is -2.66. The molecule has 2 unspecified atom stereocenters. The Morgan fingerprint density at radius 2 is 1.88 bits per heavy atom. The molecular weight excluding hydrogens is 436 g/mol. The summed E-state index contributed by atoms with van der Waals surface area (Å²) < 4.78 is 16.0. The summed E-state index contributed by atoms with van der Waals surface area (Å²) >= 11 is 0. The third kappa shape index (κ3) is 2.88. The molecule has 7 atom stereocenters. The van der Waals surface area contributed by atoms with Crippen molar-refractivity contribution in [1.82, 2.24) is 0 Å². The van der Waals surface area contributed by atoms with E-state index in [-0.39, 0.29) is 29.8 Å². The van der Waals surface area contributed by atoms with Gasteiger partial charge in [-0.05, 0) is 48.7 Å². The van der Waals surface area contributed by atoms with E-state index in [9.17, 15) is 19.2 Å². The van der Waals surface area contributed by atoms with Crippen molar-refractivity contribution < 1.29 is 33.1 Å². The molecule has 3 saturated carbocycles.